The van der Waals surface area contributed by atoms with Crippen LogP contribution < -0.4 is 5.32 Å². The van der Waals surface area contributed by atoms with Crippen LogP contribution in [0.25, 0.3) is 0 Å². The third-order valence-electron chi connectivity index (χ3n) is 1.20. The fourth-order valence-corrected chi connectivity index (χ4v) is 1.02. The predicted molar refractivity (Wildman–Crippen MR) is 40.8 cm³/mol. The van der Waals surface area contributed by atoms with Gasteiger partial charge >= 0.3 is 0 Å². The average molecular weight is 163 g/mol. The summed E-state index contributed by atoms with van der Waals surface area (Å²) >= 11 is 4.04. The zero-order valence-corrected chi connectivity index (χ0v) is 6.40. The van der Waals surface area contributed by atoms with E-state index in [1.165, 1.54) is 0 Å². The number of nitrogens with one attached hydrogen (secondary N) is 1. The van der Waals surface area contributed by atoms with E-state index in [4.69, 9.17) is 4.74 Å². The summed E-state index contributed by atoms with van der Waals surface area (Å²) in [6, 6.07) is 0. The lowest BCUT2D eigenvalue weighted by Gasteiger charge is -2.00. The van der Waals surface area contributed by atoms with E-state index in [-0.39, 0.29) is 12.1 Å². The minimum Gasteiger partial charge on any atom is -0.384 e. The smallest absolute Gasteiger partial charge is 0.121 e. The van der Waals surface area contributed by atoms with Crippen LogP contribution in [0.5, 0.6) is 0 Å². The van der Waals surface area contributed by atoms with Crippen molar-refractivity contribution in [2.45, 2.75) is 5.44 Å². The highest BCUT2D eigenvalue weighted by Gasteiger charge is 2.10. The fourth-order valence-electron chi connectivity index (χ4n) is 0.761. The maximum atomic E-state index is 11.6. The first-order chi connectivity index (χ1) is 4.83. The predicted octanol–water partition coefficient (Wildman–Crippen LogP) is 0.716. The van der Waals surface area contributed by atoms with Gasteiger partial charge in [0, 0.05) is 12.2 Å². The molecule has 4 heteroatoms. The van der Waals surface area contributed by atoms with Crippen molar-refractivity contribution >= 4 is 12.6 Å². The van der Waals surface area contributed by atoms with Crippen molar-refractivity contribution < 1.29 is 9.13 Å². The van der Waals surface area contributed by atoms with Crippen LogP contribution >= 0.6 is 12.6 Å². The van der Waals surface area contributed by atoms with Crippen LogP contribution in [0.4, 0.5) is 4.39 Å². The van der Waals surface area contributed by atoms with E-state index in [9.17, 15) is 4.39 Å². The van der Waals surface area contributed by atoms with Crippen molar-refractivity contribution in [1.82, 2.24) is 5.32 Å². The van der Waals surface area contributed by atoms with Crippen molar-refractivity contribution in [3.05, 3.63) is 11.8 Å². The van der Waals surface area contributed by atoms with Gasteiger partial charge in [-0.3, -0.25) is 0 Å². The summed E-state index contributed by atoms with van der Waals surface area (Å²) in [4.78, 5) is 0. The molecule has 0 aromatic heterocycles. The number of rotatable bonds is 3. The molecule has 1 heterocycles. The first-order valence-electron chi connectivity index (χ1n) is 3.13. The Labute approximate surface area is 64.9 Å². The lowest BCUT2D eigenvalue weighted by atomic mass is 10.4. The molecule has 0 amide bonds. The quantitative estimate of drug-likeness (QED) is 0.598. The zero-order valence-electron chi connectivity index (χ0n) is 5.51. The van der Waals surface area contributed by atoms with E-state index >= 15 is 0 Å². The summed E-state index contributed by atoms with van der Waals surface area (Å²) in [7, 11) is 0. The Morgan fingerprint density at radius 2 is 2.70 bits per heavy atom. The normalized spacial score (nSPS) is 24.6. The van der Waals surface area contributed by atoms with Crippen LogP contribution in [0, 0.1) is 0 Å². The van der Waals surface area contributed by atoms with Gasteiger partial charge in [-0.15, -0.1) is 12.6 Å². The SMILES string of the molecule is FCCNC1=CC(S)OC1. The molecule has 0 aromatic rings. The summed E-state index contributed by atoms with van der Waals surface area (Å²) in [6.07, 6.45) is 1.83. The molecule has 0 aliphatic carbocycles. The third kappa shape index (κ3) is 2.19. The molecule has 0 radical (unpaired) electrons. The van der Waals surface area contributed by atoms with Crippen LogP contribution in [0.3, 0.4) is 0 Å². The van der Waals surface area contributed by atoms with Gasteiger partial charge in [0.25, 0.3) is 0 Å². The Bertz CT molecular complexity index is 140. The van der Waals surface area contributed by atoms with Crippen LogP contribution in [-0.2, 0) is 4.74 Å². The second-order valence-electron chi connectivity index (χ2n) is 2.01. The standard InChI is InChI=1S/C6H10FNOS/c7-1-2-8-5-3-6(10)9-4-5/h3,6,8,10H,1-2,4H2. The minimum absolute atomic E-state index is 0.123. The number of ether oxygens (including phenoxy) is 1. The molecular weight excluding hydrogens is 153 g/mol. The number of thiol groups is 1. The van der Waals surface area contributed by atoms with Crippen LogP contribution in [0.15, 0.2) is 11.8 Å². The monoisotopic (exact) mass is 163 g/mol. The molecule has 1 aliphatic heterocycles. The van der Waals surface area contributed by atoms with Gasteiger partial charge < -0.3 is 10.1 Å². The van der Waals surface area contributed by atoms with E-state index in [1.807, 2.05) is 6.08 Å². The Hall–Kier alpha value is -0.220. The molecule has 0 bridgehead atoms. The number of halogens is 1. The van der Waals surface area contributed by atoms with Gasteiger partial charge in [0.05, 0.1) is 6.61 Å². The van der Waals surface area contributed by atoms with Gasteiger partial charge in [0.15, 0.2) is 0 Å². The molecule has 58 valence electrons. The molecule has 1 aliphatic rings. The van der Waals surface area contributed by atoms with Gasteiger partial charge in [-0.05, 0) is 6.08 Å². The van der Waals surface area contributed by atoms with Crippen molar-refractivity contribution in [2.24, 2.45) is 0 Å². The van der Waals surface area contributed by atoms with Gasteiger partial charge in [-0.2, -0.15) is 0 Å². The van der Waals surface area contributed by atoms with E-state index in [0.29, 0.717) is 13.2 Å². The first kappa shape index (κ1) is 7.88. The van der Waals surface area contributed by atoms with E-state index in [1.54, 1.807) is 0 Å². The zero-order chi connectivity index (χ0) is 7.40. The van der Waals surface area contributed by atoms with Crippen molar-refractivity contribution in [3.8, 4) is 0 Å². The molecule has 1 atom stereocenters. The third-order valence-corrected chi connectivity index (χ3v) is 1.50. The average Bonchev–Trinajstić information content (AvgIpc) is 2.31. The van der Waals surface area contributed by atoms with Gasteiger partial charge in [-0.1, -0.05) is 0 Å². The lowest BCUT2D eigenvalue weighted by molar-refractivity contribution is 0.183. The molecular formula is C6H10FNOS. The summed E-state index contributed by atoms with van der Waals surface area (Å²) in [5.41, 5.74) is 0.805. The second-order valence-corrected chi connectivity index (χ2v) is 2.52. The van der Waals surface area contributed by atoms with E-state index < -0.39 is 0 Å². The van der Waals surface area contributed by atoms with Crippen molar-refractivity contribution in [1.29, 1.82) is 0 Å². The molecule has 1 unspecified atom stereocenters. The topological polar surface area (TPSA) is 21.3 Å². The molecule has 0 spiro atoms. The Morgan fingerprint density at radius 3 is 3.20 bits per heavy atom. The van der Waals surface area contributed by atoms with Crippen LogP contribution in [0.1, 0.15) is 0 Å². The van der Waals surface area contributed by atoms with Gasteiger partial charge in [0.2, 0.25) is 0 Å². The molecule has 1 N–H and O–H groups in total. The molecule has 0 saturated heterocycles. The number of alkyl halides is 1. The van der Waals surface area contributed by atoms with Crippen molar-refractivity contribution in [2.75, 3.05) is 19.8 Å². The summed E-state index contributed by atoms with van der Waals surface area (Å²) in [6.45, 7) is 0.526. The maximum absolute atomic E-state index is 11.6. The van der Waals surface area contributed by atoms with E-state index in [0.717, 1.165) is 5.70 Å². The number of hydrogen-bond acceptors (Lipinski definition) is 3. The second kappa shape index (κ2) is 3.83. The minimum atomic E-state index is -0.353. The Balaban J connectivity index is 2.22. The van der Waals surface area contributed by atoms with Crippen molar-refractivity contribution in [3.63, 3.8) is 0 Å². The molecule has 1 rings (SSSR count). The molecule has 0 fully saturated rings. The summed E-state index contributed by atoms with van der Waals surface area (Å²) in [5, 5.41) is 2.87. The molecule has 10 heavy (non-hydrogen) atoms. The highest BCUT2D eigenvalue weighted by molar-refractivity contribution is 7.81. The highest BCUT2D eigenvalue weighted by atomic mass is 32.1. The lowest BCUT2D eigenvalue weighted by Crippen LogP contribution is -2.16. The Kier molecular flexibility index (Phi) is 3.02. The van der Waals surface area contributed by atoms with Crippen LogP contribution in [-0.4, -0.2) is 25.3 Å². The highest BCUT2D eigenvalue weighted by Crippen LogP contribution is 2.11. The van der Waals surface area contributed by atoms with Gasteiger partial charge in [0.1, 0.15) is 12.1 Å². The Morgan fingerprint density at radius 1 is 1.90 bits per heavy atom. The summed E-state index contributed by atoms with van der Waals surface area (Å²) in [5.74, 6) is 0. The summed E-state index contributed by atoms with van der Waals surface area (Å²) < 4.78 is 16.6. The van der Waals surface area contributed by atoms with Crippen LogP contribution in [0.2, 0.25) is 0 Å². The van der Waals surface area contributed by atoms with E-state index in [2.05, 4.69) is 17.9 Å². The maximum Gasteiger partial charge on any atom is 0.121 e. The van der Waals surface area contributed by atoms with Gasteiger partial charge in [-0.25, -0.2) is 4.39 Å². The largest absolute Gasteiger partial charge is 0.384 e. The first-order valence-corrected chi connectivity index (χ1v) is 3.65. The molecule has 0 saturated carbocycles. The number of hydrogen-bond donors (Lipinski definition) is 2. The fraction of sp³-hybridized carbons (Fsp3) is 0.667. The molecule has 2 nitrogen and oxygen atoms in total. The molecule has 0 aromatic carbocycles.